The fourth-order valence-corrected chi connectivity index (χ4v) is 3.92. The SMILES string of the molecule is Cc1cnc(NC(=O)CN(CCCN2CCOCC2)C(=O)C2CCC2)s1. The Morgan fingerprint density at radius 2 is 2.15 bits per heavy atom. The van der Waals surface area contributed by atoms with Crippen LogP contribution in [0.15, 0.2) is 6.20 Å². The third kappa shape index (κ3) is 5.49. The summed E-state index contributed by atoms with van der Waals surface area (Å²) >= 11 is 1.45. The van der Waals surface area contributed by atoms with Gasteiger partial charge in [0, 0.05) is 43.2 Å². The van der Waals surface area contributed by atoms with E-state index >= 15 is 0 Å². The summed E-state index contributed by atoms with van der Waals surface area (Å²) < 4.78 is 5.37. The number of aromatic nitrogens is 1. The van der Waals surface area contributed by atoms with Crippen LogP contribution >= 0.6 is 11.3 Å². The van der Waals surface area contributed by atoms with E-state index in [0.29, 0.717) is 11.7 Å². The summed E-state index contributed by atoms with van der Waals surface area (Å²) in [5.41, 5.74) is 0. The van der Waals surface area contributed by atoms with Crippen LogP contribution in [-0.4, -0.2) is 72.5 Å². The molecule has 0 atom stereocenters. The van der Waals surface area contributed by atoms with E-state index in [-0.39, 0.29) is 24.3 Å². The third-order valence-electron chi connectivity index (χ3n) is 4.97. The van der Waals surface area contributed by atoms with Gasteiger partial charge in [-0.15, -0.1) is 11.3 Å². The molecule has 2 heterocycles. The molecule has 0 unspecified atom stereocenters. The van der Waals surface area contributed by atoms with Gasteiger partial charge in [0.05, 0.1) is 19.8 Å². The lowest BCUT2D eigenvalue weighted by Crippen LogP contribution is -2.45. The molecule has 0 bridgehead atoms. The Morgan fingerprint density at radius 3 is 2.77 bits per heavy atom. The molecule has 1 aromatic rings. The monoisotopic (exact) mass is 380 g/mol. The molecule has 2 fully saturated rings. The first-order valence-electron chi connectivity index (χ1n) is 9.43. The maximum Gasteiger partial charge on any atom is 0.245 e. The number of ether oxygens (including phenoxy) is 1. The van der Waals surface area contributed by atoms with Crippen LogP contribution in [0.2, 0.25) is 0 Å². The second-order valence-electron chi connectivity index (χ2n) is 7.02. The molecular formula is C18H28N4O3S. The lowest BCUT2D eigenvalue weighted by Gasteiger charge is -2.32. The second-order valence-corrected chi connectivity index (χ2v) is 8.25. The molecule has 144 valence electrons. The molecule has 1 saturated carbocycles. The topological polar surface area (TPSA) is 74.8 Å². The van der Waals surface area contributed by atoms with Crippen molar-refractivity contribution < 1.29 is 14.3 Å². The first kappa shape index (κ1) is 19.3. The van der Waals surface area contributed by atoms with Crippen molar-refractivity contribution in [3.05, 3.63) is 11.1 Å². The highest BCUT2D eigenvalue weighted by molar-refractivity contribution is 7.15. The molecule has 1 aliphatic carbocycles. The van der Waals surface area contributed by atoms with E-state index in [0.717, 1.165) is 63.4 Å². The number of aryl methyl sites for hydroxylation is 1. The van der Waals surface area contributed by atoms with Crippen molar-refractivity contribution >= 4 is 28.3 Å². The minimum absolute atomic E-state index is 0.105. The summed E-state index contributed by atoms with van der Waals surface area (Å²) in [4.78, 5) is 34.4. The summed E-state index contributed by atoms with van der Waals surface area (Å²) in [6.07, 6.45) is 5.63. The molecule has 0 spiro atoms. The molecule has 0 radical (unpaired) electrons. The van der Waals surface area contributed by atoms with Gasteiger partial charge in [0.25, 0.3) is 0 Å². The molecule has 0 aromatic carbocycles. The van der Waals surface area contributed by atoms with Crippen molar-refractivity contribution in [2.75, 3.05) is 51.3 Å². The van der Waals surface area contributed by atoms with Gasteiger partial charge in [-0.2, -0.15) is 0 Å². The van der Waals surface area contributed by atoms with E-state index in [1.165, 1.54) is 11.3 Å². The molecule has 26 heavy (non-hydrogen) atoms. The number of hydrogen-bond acceptors (Lipinski definition) is 6. The first-order chi connectivity index (χ1) is 12.6. The molecule has 8 heteroatoms. The van der Waals surface area contributed by atoms with Crippen molar-refractivity contribution in [1.82, 2.24) is 14.8 Å². The predicted molar refractivity (Wildman–Crippen MR) is 101 cm³/mol. The van der Waals surface area contributed by atoms with E-state index in [4.69, 9.17) is 4.74 Å². The third-order valence-corrected chi connectivity index (χ3v) is 5.80. The maximum atomic E-state index is 12.7. The summed E-state index contributed by atoms with van der Waals surface area (Å²) in [5.74, 6) is 0.0652. The number of nitrogens with zero attached hydrogens (tertiary/aromatic N) is 3. The molecule has 7 nitrogen and oxygen atoms in total. The van der Waals surface area contributed by atoms with E-state index in [1.54, 1.807) is 11.1 Å². The first-order valence-corrected chi connectivity index (χ1v) is 10.2. The second kappa shape index (κ2) is 9.43. The zero-order valence-electron chi connectivity index (χ0n) is 15.4. The molecule has 1 N–H and O–H groups in total. The Bertz CT molecular complexity index is 611. The highest BCUT2D eigenvalue weighted by Crippen LogP contribution is 2.28. The highest BCUT2D eigenvalue weighted by Gasteiger charge is 2.30. The molecule has 1 aliphatic heterocycles. The number of amides is 2. The van der Waals surface area contributed by atoms with Crippen LogP contribution in [-0.2, 0) is 14.3 Å². The van der Waals surface area contributed by atoms with Crippen LogP contribution in [0.25, 0.3) is 0 Å². The smallest absolute Gasteiger partial charge is 0.245 e. The van der Waals surface area contributed by atoms with Crippen molar-refractivity contribution in [2.24, 2.45) is 5.92 Å². The van der Waals surface area contributed by atoms with Crippen molar-refractivity contribution in [2.45, 2.75) is 32.6 Å². The van der Waals surface area contributed by atoms with Crippen LogP contribution < -0.4 is 5.32 Å². The van der Waals surface area contributed by atoms with Gasteiger partial charge in [0.1, 0.15) is 0 Å². The number of morpholine rings is 1. The van der Waals surface area contributed by atoms with Gasteiger partial charge in [0.15, 0.2) is 5.13 Å². The number of nitrogens with one attached hydrogen (secondary N) is 1. The fraction of sp³-hybridized carbons (Fsp3) is 0.722. The standard InChI is InChI=1S/C18H28N4O3S/c1-14-12-19-18(26-14)20-16(23)13-22(17(24)15-4-2-5-15)7-3-6-21-8-10-25-11-9-21/h12,15H,2-11,13H2,1H3,(H,19,20,23). The minimum atomic E-state index is -0.168. The van der Waals surface area contributed by atoms with E-state index in [2.05, 4.69) is 15.2 Å². The highest BCUT2D eigenvalue weighted by atomic mass is 32.1. The zero-order valence-corrected chi connectivity index (χ0v) is 16.2. The molecule has 2 amide bonds. The summed E-state index contributed by atoms with van der Waals surface area (Å²) in [5, 5.41) is 3.40. The number of rotatable bonds is 8. The lowest BCUT2D eigenvalue weighted by atomic mass is 9.84. The van der Waals surface area contributed by atoms with Gasteiger partial charge in [-0.25, -0.2) is 4.98 Å². The van der Waals surface area contributed by atoms with Crippen molar-refractivity contribution in [3.63, 3.8) is 0 Å². The quantitative estimate of drug-likeness (QED) is 0.744. The number of anilines is 1. The van der Waals surface area contributed by atoms with Crippen molar-refractivity contribution in [1.29, 1.82) is 0 Å². The summed E-state index contributed by atoms with van der Waals surface area (Å²) in [6.45, 7) is 7.06. The Hall–Kier alpha value is -1.51. The summed E-state index contributed by atoms with van der Waals surface area (Å²) in [6, 6.07) is 0. The van der Waals surface area contributed by atoms with E-state index < -0.39 is 0 Å². The van der Waals surface area contributed by atoms with Gasteiger partial charge in [-0.05, 0) is 26.2 Å². The van der Waals surface area contributed by atoms with Crippen LogP contribution in [0.1, 0.15) is 30.6 Å². The Balaban J connectivity index is 1.50. The van der Waals surface area contributed by atoms with Crippen molar-refractivity contribution in [3.8, 4) is 0 Å². The van der Waals surface area contributed by atoms with Gasteiger partial charge >= 0.3 is 0 Å². The summed E-state index contributed by atoms with van der Waals surface area (Å²) in [7, 11) is 0. The zero-order chi connectivity index (χ0) is 18.4. The average Bonchev–Trinajstić information content (AvgIpc) is 2.98. The van der Waals surface area contributed by atoms with Gasteiger partial charge in [0.2, 0.25) is 11.8 Å². The Kier molecular flexibility index (Phi) is 6.99. The largest absolute Gasteiger partial charge is 0.379 e. The minimum Gasteiger partial charge on any atom is -0.379 e. The molecular weight excluding hydrogens is 352 g/mol. The maximum absolute atomic E-state index is 12.7. The molecule has 2 aliphatic rings. The van der Waals surface area contributed by atoms with Crippen LogP contribution in [0.4, 0.5) is 5.13 Å². The lowest BCUT2D eigenvalue weighted by molar-refractivity contribution is -0.140. The van der Waals surface area contributed by atoms with Gasteiger partial charge < -0.3 is 15.0 Å². The molecule has 3 rings (SSSR count). The Labute approximate surface area is 158 Å². The fourth-order valence-electron chi connectivity index (χ4n) is 3.24. The molecule has 1 saturated heterocycles. The number of thiazole rings is 1. The number of carbonyl (C=O) groups excluding carboxylic acids is 2. The van der Waals surface area contributed by atoms with E-state index in [1.807, 2.05) is 6.92 Å². The van der Waals surface area contributed by atoms with Gasteiger partial charge in [-0.3, -0.25) is 14.5 Å². The molecule has 1 aromatic heterocycles. The number of carbonyl (C=O) groups is 2. The van der Waals surface area contributed by atoms with Crippen LogP contribution in [0, 0.1) is 12.8 Å². The Morgan fingerprint density at radius 1 is 1.38 bits per heavy atom. The normalized spacial score (nSPS) is 18.3. The number of hydrogen-bond donors (Lipinski definition) is 1. The van der Waals surface area contributed by atoms with E-state index in [9.17, 15) is 9.59 Å². The van der Waals surface area contributed by atoms with Gasteiger partial charge in [-0.1, -0.05) is 6.42 Å². The average molecular weight is 381 g/mol. The predicted octanol–water partition coefficient (Wildman–Crippen LogP) is 1.74. The van der Waals surface area contributed by atoms with Crippen LogP contribution in [0.3, 0.4) is 0 Å². The van der Waals surface area contributed by atoms with Crippen LogP contribution in [0.5, 0.6) is 0 Å².